The lowest BCUT2D eigenvalue weighted by molar-refractivity contribution is 0.248. The van der Waals surface area contributed by atoms with Crippen LogP contribution in [0.2, 0.25) is 10.0 Å². The largest absolute Gasteiger partial charge is 0.493 e. The molecule has 0 atom stereocenters. The maximum atomic E-state index is 6.01. The predicted octanol–water partition coefficient (Wildman–Crippen LogP) is 4.81. The predicted molar refractivity (Wildman–Crippen MR) is 111 cm³/mol. The zero-order valence-electron chi connectivity index (χ0n) is 15.3. The summed E-state index contributed by atoms with van der Waals surface area (Å²) in [6.45, 7) is 3.80. The van der Waals surface area contributed by atoms with E-state index in [9.17, 15) is 0 Å². The summed E-state index contributed by atoms with van der Waals surface area (Å²) in [7, 11) is 0. The SMILES string of the molecule is Clc1ccc(OCCCOc2ccccc2-c2cn3c(n2)CNCC3)cc1Cl. The Hall–Kier alpha value is -2.21. The van der Waals surface area contributed by atoms with Gasteiger partial charge in [-0.25, -0.2) is 4.98 Å². The molecule has 2 aromatic carbocycles. The molecule has 7 heteroatoms. The highest BCUT2D eigenvalue weighted by Crippen LogP contribution is 2.30. The quantitative estimate of drug-likeness (QED) is 0.560. The van der Waals surface area contributed by atoms with Crippen LogP contribution in [-0.2, 0) is 13.1 Å². The van der Waals surface area contributed by atoms with Gasteiger partial charge in [0.15, 0.2) is 0 Å². The van der Waals surface area contributed by atoms with Crippen LogP contribution in [0.25, 0.3) is 11.3 Å². The third-order valence-corrected chi connectivity index (χ3v) is 5.28. The van der Waals surface area contributed by atoms with E-state index in [4.69, 9.17) is 37.7 Å². The molecule has 5 nitrogen and oxygen atoms in total. The maximum Gasteiger partial charge on any atom is 0.128 e. The van der Waals surface area contributed by atoms with E-state index in [1.165, 1.54) is 0 Å². The van der Waals surface area contributed by atoms with Gasteiger partial charge >= 0.3 is 0 Å². The number of benzene rings is 2. The van der Waals surface area contributed by atoms with Gasteiger partial charge in [0.2, 0.25) is 0 Å². The zero-order valence-corrected chi connectivity index (χ0v) is 16.8. The maximum absolute atomic E-state index is 6.01. The van der Waals surface area contributed by atoms with Gasteiger partial charge < -0.3 is 19.4 Å². The Morgan fingerprint density at radius 1 is 1.04 bits per heavy atom. The third kappa shape index (κ3) is 4.43. The Balaban J connectivity index is 1.34. The minimum absolute atomic E-state index is 0.488. The molecule has 4 rings (SSSR count). The molecule has 0 spiro atoms. The number of imidazole rings is 1. The van der Waals surface area contributed by atoms with Crippen LogP contribution in [0.15, 0.2) is 48.7 Å². The molecule has 1 N–H and O–H groups in total. The number of ether oxygens (including phenoxy) is 2. The molecule has 0 fully saturated rings. The summed E-state index contributed by atoms with van der Waals surface area (Å²) >= 11 is 11.9. The molecule has 1 aliphatic heterocycles. The highest BCUT2D eigenvalue weighted by Gasteiger charge is 2.15. The number of rotatable bonds is 7. The average Bonchev–Trinajstić information content (AvgIpc) is 3.15. The fourth-order valence-electron chi connectivity index (χ4n) is 3.12. The van der Waals surface area contributed by atoms with Gasteiger partial charge in [-0.05, 0) is 24.3 Å². The summed E-state index contributed by atoms with van der Waals surface area (Å²) in [5.41, 5.74) is 1.95. The first kappa shape index (κ1) is 19.1. The molecule has 0 bridgehead atoms. The molecular formula is C21H21Cl2N3O2. The van der Waals surface area contributed by atoms with Gasteiger partial charge in [0.05, 0.1) is 35.5 Å². The van der Waals surface area contributed by atoms with E-state index in [1.54, 1.807) is 18.2 Å². The number of nitrogens with zero attached hydrogens (tertiary/aromatic N) is 2. The Kier molecular flexibility index (Phi) is 6.05. The second kappa shape index (κ2) is 8.86. The number of nitrogens with one attached hydrogen (secondary N) is 1. The molecule has 146 valence electrons. The summed E-state index contributed by atoms with van der Waals surface area (Å²) in [6.07, 6.45) is 2.85. The van der Waals surface area contributed by atoms with Crippen LogP contribution in [0.3, 0.4) is 0 Å². The lowest BCUT2D eigenvalue weighted by Gasteiger charge is -2.13. The summed E-state index contributed by atoms with van der Waals surface area (Å²) in [5.74, 6) is 2.60. The van der Waals surface area contributed by atoms with Gasteiger partial charge in [0, 0.05) is 37.3 Å². The normalized spacial score (nSPS) is 13.2. The molecule has 3 aromatic rings. The average molecular weight is 418 g/mol. The van der Waals surface area contributed by atoms with Gasteiger partial charge in [-0.1, -0.05) is 35.3 Å². The van der Waals surface area contributed by atoms with Crippen molar-refractivity contribution in [3.8, 4) is 22.8 Å². The van der Waals surface area contributed by atoms with Crippen molar-refractivity contribution in [2.24, 2.45) is 0 Å². The molecule has 0 saturated heterocycles. The highest BCUT2D eigenvalue weighted by molar-refractivity contribution is 6.42. The van der Waals surface area contributed by atoms with Crippen LogP contribution in [0.4, 0.5) is 0 Å². The first-order valence-electron chi connectivity index (χ1n) is 9.27. The second-order valence-electron chi connectivity index (χ2n) is 6.54. The van der Waals surface area contributed by atoms with Crippen LogP contribution < -0.4 is 14.8 Å². The number of hydrogen-bond acceptors (Lipinski definition) is 4. The van der Waals surface area contributed by atoms with Crippen molar-refractivity contribution in [1.29, 1.82) is 0 Å². The molecule has 1 aromatic heterocycles. The summed E-state index contributed by atoms with van der Waals surface area (Å²) in [5, 5.41) is 4.35. The van der Waals surface area contributed by atoms with Crippen LogP contribution >= 0.6 is 23.2 Å². The molecule has 0 unspecified atom stereocenters. The zero-order chi connectivity index (χ0) is 19.3. The lowest BCUT2D eigenvalue weighted by atomic mass is 10.1. The van der Waals surface area contributed by atoms with E-state index < -0.39 is 0 Å². The van der Waals surface area contributed by atoms with Crippen molar-refractivity contribution in [1.82, 2.24) is 14.9 Å². The first-order chi connectivity index (χ1) is 13.7. The highest BCUT2D eigenvalue weighted by atomic mass is 35.5. The van der Waals surface area contributed by atoms with Crippen LogP contribution in [0.5, 0.6) is 11.5 Å². The van der Waals surface area contributed by atoms with Gasteiger partial charge in [0.25, 0.3) is 0 Å². The number of hydrogen-bond donors (Lipinski definition) is 1. The van der Waals surface area contributed by atoms with Crippen LogP contribution in [0, 0.1) is 0 Å². The molecule has 0 amide bonds. The third-order valence-electron chi connectivity index (χ3n) is 4.54. The van der Waals surface area contributed by atoms with E-state index in [2.05, 4.69) is 16.1 Å². The Morgan fingerprint density at radius 2 is 1.89 bits per heavy atom. The molecular weight excluding hydrogens is 397 g/mol. The van der Waals surface area contributed by atoms with Crippen molar-refractivity contribution in [2.75, 3.05) is 19.8 Å². The summed E-state index contributed by atoms with van der Waals surface area (Å²) < 4.78 is 13.9. The standard InChI is InChI=1S/C21H21Cl2N3O2/c22-17-7-6-15(12-18(17)23)27-10-3-11-28-20-5-2-1-4-16(20)19-14-26-9-8-24-13-21(26)25-19/h1-2,4-7,12,14,24H,3,8-11,13H2. The van der Waals surface area contributed by atoms with Crippen LogP contribution in [0.1, 0.15) is 12.2 Å². The van der Waals surface area contributed by atoms with Crippen LogP contribution in [-0.4, -0.2) is 29.3 Å². The summed E-state index contributed by atoms with van der Waals surface area (Å²) in [4.78, 5) is 4.75. The van der Waals surface area contributed by atoms with E-state index in [1.807, 2.05) is 24.3 Å². The van der Waals surface area contributed by atoms with Gasteiger partial charge in [-0.15, -0.1) is 0 Å². The van der Waals surface area contributed by atoms with Crippen molar-refractivity contribution in [3.05, 3.63) is 64.5 Å². The van der Waals surface area contributed by atoms with E-state index in [-0.39, 0.29) is 0 Å². The molecule has 0 saturated carbocycles. The van der Waals surface area contributed by atoms with E-state index >= 15 is 0 Å². The van der Waals surface area contributed by atoms with E-state index in [0.717, 1.165) is 48.9 Å². The first-order valence-corrected chi connectivity index (χ1v) is 10.0. The minimum Gasteiger partial charge on any atom is -0.493 e. The fraction of sp³-hybridized carbons (Fsp3) is 0.286. The molecule has 0 aliphatic carbocycles. The minimum atomic E-state index is 0.488. The second-order valence-corrected chi connectivity index (χ2v) is 7.35. The molecule has 0 radical (unpaired) electrons. The van der Waals surface area contributed by atoms with Crippen molar-refractivity contribution >= 4 is 23.2 Å². The number of para-hydroxylation sites is 1. The Morgan fingerprint density at radius 3 is 2.75 bits per heavy atom. The fourth-order valence-corrected chi connectivity index (χ4v) is 3.41. The number of fused-ring (bicyclic) bond motifs is 1. The van der Waals surface area contributed by atoms with Crippen molar-refractivity contribution < 1.29 is 9.47 Å². The van der Waals surface area contributed by atoms with Gasteiger partial charge in [-0.3, -0.25) is 0 Å². The molecule has 2 heterocycles. The van der Waals surface area contributed by atoms with Crippen molar-refractivity contribution in [3.63, 3.8) is 0 Å². The topological polar surface area (TPSA) is 48.3 Å². The number of halogens is 2. The van der Waals surface area contributed by atoms with Gasteiger partial charge in [0.1, 0.15) is 17.3 Å². The van der Waals surface area contributed by atoms with E-state index in [0.29, 0.717) is 29.0 Å². The Labute approximate surface area is 174 Å². The summed E-state index contributed by atoms with van der Waals surface area (Å²) in [6, 6.07) is 13.3. The smallest absolute Gasteiger partial charge is 0.128 e. The molecule has 28 heavy (non-hydrogen) atoms. The van der Waals surface area contributed by atoms with Crippen molar-refractivity contribution in [2.45, 2.75) is 19.5 Å². The lowest BCUT2D eigenvalue weighted by Crippen LogP contribution is -2.27. The molecule has 1 aliphatic rings. The Bertz CT molecular complexity index is 935. The monoisotopic (exact) mass is 417 g/mol. The number of aromatic nitrogens is 2. The van der Waals surface area contributed by atoms with Gasteiger partial charge in [-0.2, -0.15) is 0 Å².